The lowest BCUT2D eigenvalue weighted by Crippen LogP contribution is -2.61. The Morgan fingerprint density at radius 1 is 0.692 bits per heavy atom. The lowest BCUT2D eigenvalue weighted by molar-refractivity contribution is -0.331. The molecule has 0 amide bonds. The molecule has 0 aliphatic carbocycles. The van der Waals surface area contributed by atoms with Crippen molar-refractivity contribution in [1.82, 2.24) is 0 Å². The summed E-state index contributed by atoms with van der Waals surface area (Å²) in [7, 11) is 0. The van der Waals surface area contributed by atoms with Gasteiger partial charge in [-0.15, -0.1) is 0 Å². The van der Waals surface area contributed by atoms with E-state index in [9.17, 15) is 30.6 Å². The molecule has 11 heteroatoms. The molecule has 7 N–H and O–H groups in total. The van der Waals surface area contributed by atoms with Crippen LogP contribution in [0.15, 0.2) is 0 Å². The SMILES string of the molecule is CCCO[C@H]1O[C@H](CO[C@H]2O[C@H](CO)[C@@H](O)[C@H](O)[C@@H]2O)[C@@H](O)[C@H](O)[C@@H]1O. The first-order chi connectivity index (χ1) is 12.3. The van der Waals surface area contributed by atoms with Crippen LogP contribution in [0.3, 0.4) is 0 Å². The molecular weight excluding hydrogens is 356 g/mol. The van der Waals surface area contributed by atoms with Crippen molar-refractivity contribution in [3.05, 3.63) is 0 Å². The molecule has 2 rings (SSSR count). The van der Waals surface area contributed by atoms with Gasteiger partial charge in [-0.25, -0.2) is 0 Å². The first-order valence-corrected chi connectivity index (χ1v) is 8.55. The normalized spacial score (nSPS) is 47.1. The minimum atomic E-state index is -1.60. The zero-order chi connectivity index (χ0) is 19.4. The van der Waals surface area contributed by atoms with Crippen LogP contribution in [0.1, 0.15) is 13.3 Å². The molecule has 0 aromatic heterocycles. The Labute approximate surface area is 150 Å². The van der Waals surface area contributed by atoms with Crippen molar-refractivity contribution in [3.8, 4) is 0 Å². The van der Waals surface area contributed by atoms with Crippen molar-refractivity contribution in [2.75, 3.05) is 19.8 Å². The molecule has 0 saturated carbocycles. The summed E-state index contributed by atoms with van der Waals surface area (Å²) in [6, 6.07) is 0. The second-order valence-corrected chi connectivity index (χ2v) is 6.42. The van der Waals surface area contributed by atoms with Crippen LogP contribution < -0.4 is 0 Å². The third-order valence-electron chi connectivity index (χ3n) is 4.43. The van der Waals surface area contributed by atoms with Gasteiger partial charge in [0.2, 0.25) is 0 Å². The number of aliphatic hydroxyl groups excluding tert-OH is 7. The highest BCUT2D eigenvalue weighted by molar-refractivity contribution is 4.91. The highest BCUT2D eigenvalue weighted by Crippen LogP contribution is 2.25. The fourth-order valence-electron chi connectivity index (χ4n) is 2.82. The lowest BCUT2D eigenvalue weighted by Gasteiger charge is -2.42. The Morgan fingerprint density at radius 2 is 1.19 bits per heavy atom. The zero-order valence-corrected chi connectivity index (χ0v) is 14.4. The number of rotatable bonds is 7. The van der Waals surface area contributed by atoms with Gasteiger partial charge in [-0.1, -0.05) is 6.92 Å². The van der Waals surface area contributed by atoms with Crippen molar-refractivity contribution in [1.29, 1.82) is 0 Å². The summed E-state index contributed by atoms with van der Waals surface area (Å²) < 4.78 is 21.2. The monoisotopic (exact) mass is 384 g/mol. The molecule has 2 saturated heterocycles. The van der Waals surface area contributed by atoms with Crippen LogP contribution in [-0.4, -0.2) is 117 Å². The highest BCUT2D eigenvalue weighted by Gasteiger charge is 2.47. The molecular formula is C15H28O11. The van der Waals surface area contributed by atoms with Gasteiger partial charge in [0, 0.05) is 6.61 Å². The molecule has 2 aliphatic rings. The van der Waals surface area contributed by atoms with Gasteiger partial charge in [-0.2, -0.15) is 0 Å². The topological polar surface area (TPSA) is 179 Å². The fraction of sp³-hybridized carbons (Fsp3) is 1.00. The molecule has 0 spiro atoms. The molecule has 2 aliphatic heterocycles. The van der Waals surface area contributed by atoms with E-state index in [-0.39, 0.29) is 13.2 Å². The Hall–Kier alpha value is -0.440. The number of aliphatic hydroxyl groups is 7. The minimum absolute atomic E-state index is 0.269. The molecule has 26 heavy (non-hydrogen) atoms. The van der Waals surface area contributed by atoms with E-state index in [1.807, 2.05) is 6.92 Å². The molecule has 2 heterocycles. The second kappa shape index (κ2) is 9.66. The first kappa shape index (κ1) is 21.9. The van der Waals surface area contributed by atoms with Gasteiger partial charge in [-0.05, 0) is 6.42 Å². The van der Waals surface area contributed by atoms with Gasteiger partial charge < -0.3 is 54.7 Å². The maximum Gasteiger partial charge on any atom is 0.186 e. The zero-order valence-electron chi connectivity index (χ0n) is 14.4. The largest absolute Gasteiger partial charge is 0.394 e. The Bertz CT molecular complexity index is 422. The van der Waals surface area contributed by atoms with E-state index in [4.69, 9.17) is 24.1 Å². The van der Waals surface area contributed by atoms with Crippen LogP contribution in [0, 0.1) is 0 Å². The molecule has 0 unspecified atom stereocenters. The maximum absolute atomic E-state index is 10.0. The standard InChI is InChI=1S/C15H28O11/c1-2-3-23-14-12(21)11(20)9(18)7(26-14)5-24-15-13(22)10(19)8(17)6(4-16)25-15/h6-22H,2-5H2,1H3/t6-,7-,8-,9-,10+,11+,12+,13+,14+,15+/m1/s1. The summed E-state index contributed by atoms with van der Waals surface area (Å²) in [6.45, 7) is 1.13. The molecule has 0 aromatic rings. The Morgan fingerprint density at radius 3 is 1.73 bits per heavy atom. The summed E-state index contributed by atoms with van der Waals surface area (Å²) >= 11 is 0. The lowest BCUT2D eigenvalue weighted by atomic mass is 9.98. The van der Waals surface area contributed by atoms with E-state index >= 15 is 0 Å². The summed E-state index contributed by atoms with van der Waals surface area (Å²) in [4.78, 5) is 0. The third-order valence-corrected chi connectivity index (χ3v) is 4.43. The average molecular weight is 384 g/mol. The predicted octanol–water partition coefficient (Wildman–Crippen LogP) is -3.96. The summed E-state index contributed by atoms with van der Waals surface area (Å²) in [6.07, 6.45) is -13.4. The van der Waals surface area contributed by atoms with Crippen molar-refractivity contribution in [3.63, 3.8) is 0 Å². The number of ether oxygens (including phenoxy) is 4. The molecule has 0 bridgehead atoms. The minimum Gasteiger partial charge on any atom is -0.394 e. The summed E-state index contributed by atoms with van der Waals surface area (Å²) in [5, 5.41) is 68.4. The van der Waals surface area contributed by atoms with E-state index in [1.54, 1.807) is 0 Å². The highest BCUT2D eigenvalue weighted by atomic mass is 16.7. The average Bonchev–Trinajstić information content (AvgIpc) is 2.64. The van der Waals surface area contributed by atoms with Crippen LogP contribution in [-0.2, 0) is 18.9 Å². The molecule has 0 radical (unpaired) electrons. The van der Waals surface area contributed by atoms with E-state index in [0.717, 1.165) is 0 Å². The molecule has 2 fully saturated rings. The first-order valence-electron chi connectivity index (χ1n) is 8.55. The molecule has 154 valence electrons. The van der Waals surface area contributed by atoms with Gasteiger partial charge in [-0.3, -0.25) is 0 Å². The number of hydrogen-bond acceptors (Lipinski definition) is 11. The summed E-state index contributed by atoms with van der Waals surface area (Å²) in [5.41, 5.74) is 0. The predicted molar refractivity (Wildman–Crippen MR) is 82.6 cm³/mol. The van der Waals surface area contributed by atoms with E-state index in [2.05, 4.69) is 0 Å². The van der Waals surface area contributed by atoms with Gasteiger partial charge in [0.25, 0.3) is 0 Å². The van der Waals surface area contributed by atoms with Gasteiger partial charge in [0.15, 0.2) is 12.6 Å². The van der Waals surface area contributed by atoms with E-state index in [0.29, 0.717) is 6.42 Å². The van der Waals surface area contributed by atoms with Crippen molar-refractivity contribution in [2.24, 2.45) is 0 Å². The van der Waals surface area contributed by atoms with Crippen molar-refractivity contribution in [2.45, 2.75) is 74.8 Å². The van der Waals surface area contributed by atoms with Crippen LogP contribution in [0.25, 0.3) is 0 Å². The van der Waals surface area contributed by atoms with Crippen molar-refractivity contribution >= 4 is 0 Å². The molecule has 10 atom stereocenters. The van der Waals surface area contributed by atoms with Crippen LogP contribution in [0.4, 0.5) is 0 Å². The van der Waals surface area contributed by atoms with Gasteiger partial charge in [0.1, 0.15) is 48.8 Å². The quantitative estimate of drug-likeness (QED) is 0.228. The smallest absolute Gasteiger partial charge is 0.186 e. The van der Waals surface area contributed by atoms with Crippen LogP contribution >= 0.6 is 0 Å². The van der Waals surface area contributed by atoms with Crippen molar-refractivity contribution < 1.29 is 54.7 Å². The molecule has 0 aromatic carbocycles. The third kappa shape index (κ3) is 4.69. The number of hydrogen-bond donors (Lipinski definition) is 7. The second-order valence-electron chi connectivity index (χ2n) is 6.42. The van der Waals surface area contributed by atoms with Crippen LogP contribution in [0.5, 0.6) is 0 Å². The summed E-state index contributed by atoms with van der Waals surface area (Å²) in [5.74, 6) is 0. The maximum atomic E-state index is 10.0. The Kier molecular flexibility index (Phi) is 8.12. The van der Waals surface area contributed by atoms with Gasteiger partial charge in [0.05, 0.1) is 13.2 Å². The van der Waals surface area contributed by atoms with E-state index in [1.165, 1.54) is 0 Å². The van der Waals surface area contributed by atoms with E-state index < -0.39 is 68.0 Å². The van der Waals surface area contributed by atoms with Gasteiger partial charge >= 0.3 is 0 Å². The van der Waals surface area contributed by atoms with Crippen LogP contribution in [0.2, 0.25) is 0 Å². The molecule has 11 nitrogen and oxygen atoms in total. The Balaban J connectivity index is 1.96. The fourth-order valence-corrected chi connectivity index (χ4v) is 2.82.